The first-order chi connectivity index (χ1) is 15.4. The van der Waals surface area contributed by atoms with E-state index in [9.17, 15) is 9.59 Å². The third kappa shape index (κ3) is 5.35. The summed E-state index contributed by atoms with van der Waals surface area (Å²) in [7, 11) is 4.68. The summed E-state index contributed by atoms with van der Waals surface area (Å²) in [5.41, 5.74) is 3.10. The van der Waals surface area contributed by atoms with Gasteiger partial charge in [0.05, 0.1) is 26.9 Å². The summed E-state index contributed by atoms with van der Waals surface area (Å²) >= 11 is 0. The molecule has 0 spiro atoms. The highest BCUT2D eigenvalue weighted by Crippen LogP contribution is 2.31. The summed E-state index contributed by atoms with van der Waals surface area (Å²) in [5.74, 6) is 1.34. The SMILES string of the molecule is COc1ccc(/C=C/c2cc(OC)cc(OC)c2C(=O)Nc2ccc(C(C)=O)cc2)cc1. The number of ether oxygens (including phenoxy) is 3. The maximum Gasteiger partial charge on any atom is 0.260 e. The molecule has 1 N–H and O–H groups in total. The van der Waals surface area contributed by atoms with Crippen LogP contribution in [0.3, 0.4) is 0 Å². The first kappa shape index (κ1) is 22.6. The molecule has 0 heterocycles. The average Bonchev–Trinajstić information content (AvgIpc) is 2.82. The number of anilines is 1. The number of hydrogen-bond donors (Lipinski definition) is 1. The van der Waals surface area contributed by atoms with Crippen molar-refractivity contribution in [2.24, 2.45) is 0 Å². The number of carbonyl (C=O) groups excluding carboxylic acids is 2. The summed E-state index contributed by atoms with van der Waals surface area (Å²) in [5, 5.41) is 2.87. The van der Waals surface area contributed by atoms with E-state index in [0.29, 0.717) is 33.9 Å². The lowest BCUT2D eigenvalue weighted by Gasteiger charge is -2.14. The van der Waals surface area contributed by atoms with Gasteiger partial charge in [0.25, 0.3) is 5.91 Å². The van der Waals surface area contributed by atoms with Gasteiger partial charge < -0.3 is 19.5 Å². The lowest BCUT2D eigenvalue weighted by atomic mass is 10.0. The Hall–Kier alpha value is -4.06. The van der Waals surface area contributed by atoms with E-state index in [4.69, 9.17) is 14.2 Å². The summed E-state index contributed by atoms with van der Waals surface area (Å²) in [6.45, 7) is 1.50. The molecule has 0 saturated heterocycles. The fraction of sp³-hybridized carbons (Fsp3) is 0.154. The monoisotopic (exact) mass is 431 g/mol. The number of ketones is 1. The quantitative estimate of drug-likeness (QED) is 0.385. The molecule has 0 radical (unpaired) electrons. The Balaban J connectivity index is 1.96. The van der Waals surface area contributed by atoms with Gasteiger partial charge in [0.1, 0.15) is 17.2 Å². The third-order valence-corrected chi connectivity index (χ3v) is 4.91. The summed E-state index contributed by atoms with van der Waals surface area (Å²) < 4.78 is 16.0. The van der Waals surface area contributed by atoms with Gasteiger partial charge in [-0.25, -0.2) is 0 Å². The molecule has 164 valence electrons. The summed E-state index contributed by atoms with van der Waals surface area (Å²) in [6.07, 6.45) is 3.73. The van der Waals surface area contributed by atoms with Crippen LogP contribution in [0.4, 0.5) is 5.69 Å². The van der Waals surface area contributed by atoms with Crippen LogP contribution in [0.15, 0.2) is 60.7 Å². The topological polar surface area (TPSA) is 73.9 Å². The molecule has 0 fully saturated rings. The van der Waals surface area contributed by atoms with E-state index in [0.717, 1.165) is 11.3 Å². The summed E-state index contributed by atoms with van der Waals surface area (Å²) in [4.78, 5) is 24.7. The van der Waals surface area contributed by atoms with E-state index < -0.39 is 0 Å². The zero-order valence-corrected chi connectivity index (χ0v) is 18.5. The smallest absolute Gasteiger partial charge is 0.260 e. The molecule has 6 heteroatoms. The molecule has 0 aliphatic heterocycles. The molecule has 1 amide bonds. The molecule has 0 saturated carbocycles. The highest BCUT2D eigenvalue weighted by atomic mass is 16.5. The number of amides is 1. The van der Waals surface area contributed by atoms with E-state index in [1.165, 1.54) is 14.0 Å². The Morgan fingerprint density at radius 3 is 2.00 bits per heavy atom. The molecule has 32 heavy (non-hydrogen) atoms. The van der Waals surface area contributed by atoms with Gasteiger partial charge in [-0.1, -0.05) is 24.3 Å². The van der Waals surface area contributed by atoms with Crippen molar-refractivity contribution in [3.05, 3.63) is 82.9 Å². The minimum Gasteiger partial charge on any atom is -0.497 e. The number of carbonyl (C=O) groups is 2. The Morgan fingerprint density at radius 1 is 0.781 bits per heavy atom. The molecule has 3 aromatic rings. The van der Waals surface area contributed by atoms with Crippen molar-refractivity contribution in [1.82, 2.24) is 0 Å². The van der Waals surface area contributed by atoms with Crippen LogP contribution >= 0.6 is 0 Å². The fourth-order valence-electron chi connectivity index (χ4n) is 3.15. The van der Waals surface area contributed by atoms with Crippen LogP contribution < -0.4 is 19.5 Å². The third-order valence-electron chi connectivity index (χ3n) is 4.91. The molecular formula is C26H25NO5. The molecule has 0 bridgehead atoms. The number of nitrogens with one attached hydrogen (secondary N) is 1. The van der Waals surface area contributed by atoms with E-state index in [2.05, 4.69) is 5.32 Å². The number of benzene rings is 3. The molecule has 3 rings (SSSR count). The highest BCUT2D eigenvalue weighted by Gasteiger charge is 2.18. The van der Waals surface area contributed by atoms with Gasteiger partial charge in [-0.3, -0.25) is 9.59 Å². The molecule has 6 nitrogen and oxygen atoms in total. The Labute approximate surface area is 187 Å². The molecular weight excluding hydrogens is 406 g/mol. The zero-order chi connectivity index (χ0) is 23.1. The molecule has 0 unspecified atom stereocenters. The lowest BCUT2D eigenvalue weighted by Crippen LogP contribution is -2.15. The van der Waals surface area contributed by atoms with Crippen molar-refractivity contribution in [2.75, 3.05) is 26.6 Å². The second-order valence-electron chi connectivity index (χ2n) is 6.99. The first-order valence-electron chi connectivity index (χ1n) is 9.95. The molecule has 3 aromatic carbocycles. The van der Waals surface area contributed by atoms with Crippen LogP contribution in [0, 0.1) is 0 Å². The van der Waals surface area contributed by atoms with Crippen molar-refractivity contribution in [3.63, 3.8) is 0 Å². The normalized spacial score (nSPS) is 10.6. The number of methoxy groups -OCH3 is 3. The van der Waals surface area contributed by atoms with Crippen LogP contribution in [0.25, 0.3) is 12.2 Å². The van der Waals surface area contributed by atoms with Crippen LogP contribution in [0.2, 0.25) is 0 Å². The van der Waals surface area contributed by atoms with Crippen molar-refractivity contribution in [3.8, 4) is 17.2 Å². The van der Waals surface area contributed by atoms with Gasteiger partial charge in [0, 0.05) is 17.3 Å². The van der Waals surface area contributed by atoms with Gasteiger partial charge in [-0.2, -0.15) is 0 Å². The second-order valence-corrected chi connectivity index (χ2v) is 6.99. The summed E-state index contributed by atoms with van der Waals surface area (Å²) in [6, 6.07) is 17.7. The fourth-order valence-corrected chi connectivity index (χ4v) is 3.15. The minimum absolute atomic E-state index is 0.0364. The highest BCUT2D eigenvalue weighted by molar-refractivity contribution is 6.09. The second kappa shape index (κ2) is 10.3. The Bertz CT molecular complexity index is 1130. The van der Waals surface area contributed by atoms with Crippen molar-refractivity contribution in [2.45, 2.75) is 6.92 Å². The largest absolute Gasteiger partial charge is 0.497 e. The number of hydrogen-bond acceptors (Lipinski definition) is 5. The zero-order valence-electron chi connectivity index (χ0n) is 18.5. The molecule has 0 aliphatic rings. The van der Waals surface area contributed by atoms with Gasteiger partial charge in [0.15, 0.2) is 5.78 Å². The maximum atomic E-state index is 13.2. The van der Waals surface area contributed by atoms with Crippen LogP contribution in [-0.4, -0.2) is 33.0 Å². The maximum absolute atomic E-state index is 13.2. The average molecular weight is 431 g/mol. The predicted molar refractivity (Wildman–Crippen MR) is 126 cm³/mol. The first-order valence-corrected chi connectivity index (χ1v) is 9.95. The standard InChI is InChI=1S/C26H25NO5/c1-17(28)19-9-11-21(12-10-19)27-26(29)25-20(15-23(31-3)16-24(25)32-4)8-5-18-6-13-22(30-2)14-7-18/h5-16H,1-4H3,(H,27,29)/b8-5+. The van der Waals surface area contributed by atoms with E-state index in [1.807, 2.05) is 36.4 Å². The molecule has 0 aromatic heterocycles. The van der Waals surface area contributed by atoms with Crippen LogP contribution in [0.1, 0.15) is 38.8 Å². The van der Waals surface area contributed by atoms with Gasteiger partial charge >= 0.3 is 0 Å². The predicted octanol–water partition coefficient (Wildman–Crippen LogP) is 5.34. The van der Waals surface area contributed by atoms with E-state index >= 15 is 0 Å². The van der Waals surface area contributed by atoms with Crippen molar-refractivity contribution < 1.29 is 23.8 Å². The van der Waals surface area contributed by atoms with Gasteiger partial charge in [-0.05, 0) is 60.5 Å². The minimum atomic E-state index is -0.338. The van der Waals surface area contributed by atoms with Crippen LogP contribution in [-0.2, 0) is 0 Å². The van der Waals surface area contributed by atoms with Crippen LogP contribution in [0.5, 0.6) is 17.2 Å². The van der Waals surface area contributed by atoms with Gasteiger partial charge in [0.2, 0.25) is 0 Å². The van der Waals surface area contributed by atoms with E-state index in [-0.39, 0.29) is 11.7 Å². The van der Waals surface area contributed by atoms with Gasteiger partial charge in [-0.15, -0.1) is 0 Å². The van der Waals surface area contributed by atoms with E-state index in [1.54, 1.807) is 50.6 Å². The van der Waals surface area contributed by atoms with Crippen molar-refractivity contribution in [1.29, 1.82) is 0 Å². The molecule has 0 atom stereocenters. The lowest BCUT2D eigenvalue weighted by molar-refractivity contribution is 0.101. The number of Topliss-reactive ketones (excluding diaryl/α,β-unsaturated/α-hetero) is 1. The molecule has 0 aliphatic carbocycles. The Kier molecular flexibility index (Phi) is 7.29. The Morgan fingerprint density at radius 2 is 1.44 bits per heavy atom. The number of rotatable bonds is 8. The van der Waals surface area contributed by atoms with Crippen molar-refractivity contribution >= 4 is 29.5 Å².